The number of fused-ring (bicyclic) bond motifs is 1. The molecule has 2 atom stereocenters. The van der Waals surface area contributed by atoms with Gasteiger partial charge < -0.3 is 30.1 Å². The van der Waals surface area contributed by atoms with Crippen molar-refractivity contribution in [1.29, 1.82) is 0 Å². The van der Waals surface area contributed by atoms with Crippen LogP contribution in [0.25, 0.3) is 0 Å². The van der Waals surface area contributed by atoms with Crippen LogP contribution in [-0.2, 0) is 22.4 Å². The van der Waals surface area contributed by atoms with Crippen LogP contribution < -0.4 is 15.4 Å². The molecule has 1 fully saturated rings. The summed E-state index contributed by atoms with van der Waals surface area (Å²) in [5.74, 6) is -1.46. The Morgan fingerprint density at radius 3 is 2.66 bits per heavy atom. The van der Waals surface area contributed by atoms with Crippen molar-refractivity contribution < 1.29 is 33.4 Å². The van der Waals surface area contributed by atoms with Gasteiger partial charge in [0, 0.05) is 38.1 Å². The quantitative estimate of drug-likeness (QED) is 0.446. The maximum Gasteiger partial charge on any atom is 0.270 e. The second-order valence-electron chi connectivity index (χ2n) is 9.29. The molecule has 2 aromatic rings. The highest BCUT2D eigenvalue weighted by molar-refractivity contribution is 5.96. The Hall–Kier alpha value is -3.57. The lowest BCUT2D eigenvalue weighted by atomic mass is 10.0. The molecule has 3 N–H and O–H groups in total. The summed E-state index contributed by atoms with van der Waals surface area (Å²) in [6.45, 7) is 5.57. The lowest BCUT2D eigenvalue weighted by Gasteiger charge is -2.28. The number of nitrogens with zero attached hydrogens (tertiary/aromatic N) is 2. The summed E-state index contributed by atoms with van der Waals surface area (Å²) in [6, 6.07) is 5.46. The second-order valence-corrected chi connectivity index (χ2v) is 9.29. The molecule has 1 aromatic carbocycles. The van der Waals surface area contributed by atoms with Crippen LogP contribution in [0.4, 0.5) is 4.39 Å². The lowest BCUT2D eigenvalue weighted by Crippen LogP contribution is -2.48. The molecule has 0 radical (unpaired) electrons. The first kappa shape index (κ1) is 27.5. The number of aromatic nitrogens is 1. The minimum absolute atomic E-state index is 0.160. The van der Waals surface area contributed by atoms with Gasteiger partial charge in [-0.3, -0.25) is 14.4 Å². The largest absolute Gasteiger partial charge is 0.491 e. The SMILES string of the molecule is CCN(CC)C(=O)CNC(=O)c1ccc(Cc2cc(C(=O)N[C@H]3CCOC[C@@H]3O)nc3c2OCC3)cc1F. The predicted octanol–water partition coefficient (Wildman–Crippen LogP) is 1.22. The molecule has 0 aliphatic carbocycles. The highest BCUT2D eigenvalue weighted by atomic mass is 19.1. The molecule has 0 unspecified atom stereocenters. The van der Waals surface area contributed by atoms with Gasteiger partial charge in [0.15, 0.2) is 0 Å². The standard InChI is InChI=1S/C27H33FN4O6/c1-3-32(4-2)24(34)14-29-26(35)18-6-5-16(12-19(18)28)11-17-13-22(30-21-8-10-38-25(17)21)27(36)31-20-7-9-37-15-23(20)33/h5-6,12-13,20,23,33H,3-4,7-11,14-15H2,1-2H3,(H,29,35)(H,31,36)/t20-,23-/m0/s1. The van der Waals surface area contributed by atoms with E-state index in [2.05, 4.69) is 15.6 Å². The van der Waals surface area contributed by atoms with Gasteiger partial charge in [0.05, 0.1) is 43.2 Å². The number of amides is 3. The number of carbonyl (C=O) groups is 3. The minimum Gasteiger partial charge on any atom is -0.491 e. The molecule has 2 aliphatic rings. The molecule has 38 heavy (non-hydrogen) atoms. The van der Waals surface area contributed by atoms with Gasteiger partial charge in [0.25, 0.3) is 11.8 Å². The Morgan fingerprint density at radius 1 is 1.16 bits per heavy atom. The van der Waals surface area contributed by atoms with E-state index in [1.165, 1.54) is 12.1 Å². The number of benzene rings is 1. The third-order valence-electron chi connectivity index (χ3n) is 6.77. The van der Waals surface area contributed by atoms with Crippen LogP contribution in [-0.4, -0.2) is 84.3 Å². The van der Waals surface area contributed by atoms with Gasteiger partial charge in [-0.15, -0.1) is 0 Å². The smallest absolute Gasteiger partial charge is 0.270 e. The first-order valence-corrected chi connectivity index (χ1v) is 12.9. The van der Waals surface area contributed by atoms with Crippen LogP contribution in [0.15, 0.2) is 24.3 Å². The summed E-state index contributed by atoms with van der Waals surface area (Å²) in [5, 5.41) is 15.4. The van der Waals surface area contributed by atoms with Gasteiger partial charge in [-0.25, -0.2) is 9.37 Å². The fourth-order valence-corrected chi connectivity index (χ4v) is 4.63. The van der Waals surface area contributed by atoms with Crippen molar-refractivity contribution in [2.75, 3.05) is 39.5 Å². The number of pyridine rings is 1. The Balaban J connectivity index is 1.47. The molecule has 11 heteroatoms. The maximum absolute atomic E-state index is 14.9. The molecule has 2 aliphatic heterocycles. The van der Waals surface area contributed by atoms with Crippen molar-refractivity contribution in [1.82, 2.24) is 20.5 Å². The number of aliphatic hydroxyl groups excluding tert-OH is 1. The fourth-order valence-electron chi connectivity index (χ4n) is 4.63. The van der Waals surface area contributed by atoms with E-state index >= 15 is 0 Å². The molecule has 3 amide bonds. The molecule has 0 spiro atoms. The van der Waals surface area contributed by atoms with Gasteiger partial charge in [0.1, 0.15) is 17.3 Å². The first-order valence-electron chi connectivity index (χ1n) is 12.9. The predicted molar refractivity (Wildman–Crippen MR) is 136 cm³/mol. The van der Waals surface area contributed by atoms with E-state index in [1.54, 1.807) is 17.0 Å². The highest BCUT2D eigenvalue weighted by Gasteiger charge is 2.28. The van der Waals surface area contributed by atoms with E-state index in [1.807, 2.05) is 13.8 Å². The van der Waals surface area contributed by atoms with Crippen LogP contribution >= 0.6 is 0 Å². The number of likely N-dealkylation sites (N-methyl/N-ethyl adjacent to an activating group) is 1. The van der Waals surface area contributed by atoms with Crippen LogP contribution in [0.5, 0.6) is 5.75 Å². The third-order valence-corrected chi connectivity index (χ3v) is 6.77. The van der Waals surface area contributed by atoms with Crippen molar-refractivity contribution >= 4 is 17.7 Å². The number of aliphatic hydroxyl groups is 1. The zero-order valence-corrected chi connectivity index (χ0v) is 21.6. The third kappa shape index (κ3) is 6.28. The Kier molecular flexibility index (Phi) is 8.90. The Labute approximate surface area is 220 Å². The number of rotatable bonds is 9. The van der Waals surface area contributed by atoms with Gasteiger partial charge in [-0.1, -0.05) is 6.07 Å². The van der Waals surface area contributed by atoms with E-state index in [-0.39, 0.29) is 36.7 Å². The van der Waals surface area contributed by atoms with E-state index in [4.69, 9.17) is 9.47 Å². The molecular weight excluding hydrogens is 495 g/mol. The molecule has 4 rings (SSSR count). The van der Waals surface area contributed by atoms with Gasteiger partial charge in [-0.05, 0) is 44.0 Å². The van der Waals surface area contributed by atoms with Crippen molar-refractivity contribution in [3.8, 4) is 5.75 Å². The van der Waals surface area contributed by atoms with Crippen molar-refractivity contribution in [3.05, 3.63) is 58.2 Å². The number of halogens is 1. The molecule has 1 aromatic heterocycles. The van der Waals surface area contributed by atoms with Gasteiger partial charge in [0.2, 0.25) is 5.91 Å². The molecule has 10 nitrogen and oxygen atoms in total. The van der Waals surface area contributed by atoms with Crippen LogP contribution in [0.1, 0.15) is 57.9 Å². The zero-order valence-electron chi connectivity index (χ0n) is 21.6. The molecule has 204 valence electrons. The number of carbonyl (C=O) groups excluding carboxylic acids is 3. The summed E-state index contributed by atoms with van der Waals surface area (Å²) >= 11 is 0. The molecule has 0 saturated carbocycles. The van der Waals surface area contributed by atoms with Crippen molar-refractivity contribution in [2.45, 2.75) is 45.3 Å². The van der Waals surface area contributed by atoms with Crippen LogP contribution in [0.3, 0.4) is 0 Å². The summed E-state index contributed by atoms with van der Waals surface area (Å²) in [5.41, 5.74) is 1.93. The Morgan fingerprint density at radius 2 is 1.95 bits per heavy atom. The lowest BCUT2D eigenvalue weighted by molar-refractivity contribution is -0.129. The normalized spacial score (nSPS) is 18.3. The van der Waals surface area contributed by atoms with Crippen molar-refractivity contribution in [3.63, 3.8) is 0 Å². The topological polar surface area (TPSA) is 130 Å². The molecular formula is C27H33FN4O6. The number of hydrogen-bond acceptors (Lipinski definition) is 7. The fraction of sp³-hybridized carbons (Fsp3) is 0.481. The highest BCUT2D eigenvalue weighted by Crippen LogP contribution is 2.31. The first-order chi connectivity index (χ1) is 18.3. The zero-order chi connectivity index (χ0) is 27.2. The van der Waals surface area contributed by atoms with Crippen molar-refractivity contribution in [2.24, 2.45) is 0 Å². The molecule has 3 heterocycles. The van der Waals surface area contributed by atoms with E-state index in [0.29, 0.717) is 61.7 Å². The van der Waals surface area contributed by atoms with E-state index in [9.17, 15) is 23.9 Å². The maximum atomic E-state index is 14.9. The number of hydrogen-bond donors (Lipinski definition) is 3. The van der Waals surface area contributed by atoms with Gasteiger partial charge in [-0.2, -0.15) is 0 Å². The van der Waals surface area contributed by atoms with Gasteiger partial charge >= 0.3 is 0 Å². The Bertz CT molecular complexity index is 1200. The average Bonchev–Trinajstić information content (AvgIpc) is 3.38. The molecule has 1 saturated heterocycles. The number of ether oxygens (including phenoxy) is 2. The summed E-state index contributed by atoms with van der Waals surface area (Å²) in [6.07, 6.45) is 0.503. The second kappa shape index (κ2) is 12.3. The summed E-state index contributed by atoms with van der Waals surface area (Å²) in [4.78, 5) is 43.6. The average molecular weight is 529 g/mol. The molecule has 0 bridgehead atoms. The summed E-state index contributed by atoms with van der Waals surface area (Å²) < 4.78 is 25.9. The number of nitrogens with one attached hydrogen (secondary N) is 2. The van der Waals surface area contributed by atoms with E-state index < -0.39 is 29.8 Å². The summed E-state index contributed by atoms with van der Waals surface area (Å²) in [7, 11) is 0. The van der Waals surface area contributed by atoms with E-state index in [0.717, 1.165) is 0 Å². The van der Waals surface area contributed by atoms with Crippen LogP contribution in [0.2, 0.25) is 0 Å². The van der Waals surface area contributed by atoms with Crippen LogP contribution in [0, 0.1) is 5.82 Å². The monoisotopic (exact) mass is 528 g/mol. The minimum atomic E-state index is -0.793.